The van der Waals surface area contributed by atoms with Crippen LogP contribution in [0.3, 0.4) is 0 Å². The van der Waals surface area contributed by atoms with Crippen LogP contribution in [0.5, 0.6) is 11.5 Å². The van der Waals surface area contributed by atoms with Gasteiger partial charge in [-0.1, -0.05) is 6.07 Å². The molecule has 1 N–H and O–H groups in total. The normalized spacial score (nSPS) is 26.2. The molecule has 2 aliphatic heterocycles. The predicted octanol–water partition coefficient (Wildman–Crippen LogP) is 1.67. The van der Waals surface area contributed by atoms with Gasteiger partial charge in [0.15, 0.2) is 0 Å². The lowest BCUT2D eigenvalue weighted by Gasteiger charge is -2.41. The fraction of sp³-hybridized carbons (Fsp3) is 0.500. The van der Waals surface area contributed by atoms with Gasteiger partial charge < -0.3 is 14.8 Å². The number of ether oxygens (including phenoxy) is 2. The summed E-state index contributed by atoms with van der Waals surface area (Å²) in [5.41, 5.74) is 0.824. The van der Waals surface area contributed by atoms with Gasteiger partial charge in [-0.15, -0.1) is 0 Å². The highest BCUT2D eigenvalue weighted by atomic mass is 16.5. The SMILES string of the molecule is COc1cccc2c1CC1(CCCC(=O)N1)CO2. The number of nitrogens with one attached hydrogen (secondary N) is 1. The number of carbonyl (C=O) groups excluding carboxylic acids is 1. The van der Waals surface area contributed by atoms with Crippen LogP contribution < -0.4 is 14.8 Å². The summed E-state index contributed by atoms with van der Waals surface area (Å²) < 4.78 is 11.2. The molecule has 1 aromatic rings. The van der Waals surface area contributed by atoms with Gasteiger partial charge in [-0.05, 0) is 25.0 Å². The molecule has 1 spiro atoms. The quantitative estimate of drug-likeness (QED) is 0.821. The van der Waals surface area contributed by atoms with Crippen molar-refractivity contribution in [3.63, 3.8) is 0 Å². The summed E-state index contributed by atoms with van der Waals surface area (Å²) in [5.74, 6) is 1.84. The Morgan fingerprint density at radius 2 is 2.33 bits per heavy atom. The average molecular weight is 247 g/mol. The highest BCUT2D eigenvalue weighted by Gasteiger charge is 2.40. The molecule has 2 heterocycles. The molecule has 2 aliphatic rings. The first kappa shape index (κ1) is 11.4. The van der Waals surface area contributed by atoms with E-state index in [4.69, 9.17) is 9.47 Å². The topological polar surface area (TPSA) is 47.6 Å². The van der Waals surface area contributed by atoms with Gasteiger partial charge in [0.05, 0.1) is 12.6 Å². The maximum absolute atomic E-state index is 11.6. The summed E-state index contributed by atoms with van der Waals surface area (Å²) in [5, 5.41) is 3.10. The second-order valence-electron chi connectivity index (χ2n) is 5.08. The van der Waals surface area contributed by atoms with Crippen molar-refractivity contribution >= 4 is 5.91 Å². The zero-order valence-corrected chi connectivity index (χ0v) is 10.5. The van der Waals surface area contributed by atoms with E-state index in [1.807, 2.05) is 18.2 Å². The molecule has 1 aromatic carbocycles. The third-order valence-electron chi connectivity index (χ3n) is 3.79. The number of hydrogen-bond acceptors (Lipinski definition) is 3. The molecule has 18 heavy (non-hydrogen) atoms. The van der Waals surface area contributed by atoms with Crippen LogP contribution in [0.1, 0.15) is 24.8 Å². The van der Waals surface area contributed by atoms with Gasteiger partial charge in [0.25, 0.3) is 0 Å². The van der Waals surface area contributed by atoms with E-state index in [1.54, 1.807) is 7.11 Å². The Hall–Kier alpha value is -1.71. The summed E-state index contributed by atoms with van der Waals surface area (Å²) in [7, 11) is 1.66. The van der Waals surface area contributed by atoms with Crippen LogP contribution in [0, 0.1) is 0 Å². The molecular formula is C14H17NO3. The number of hydrogen-bond donors (Lipinski definition) is 1. The van der Waals surface area contributed by atoms with Gasteiger partial charge in [0.1, 0.15) is 18.1 Å². The second kappa shape index (κ2) is 4.19. The van der Waals surface area contributed by atoms with E-state index in [2.05, 4.69) is 5.32 Å². The first-order chi connectivity index (χ1) is 8.72. The molecule has 1 amide bonds. The number of methoxy groups -OCH3 is 1. The Morgan fingerprint density at radius 1 is 1.44 bits per heavy atom. The largest absolute Gasteiger partial charge is 0.496 e. The second-order valence-corrected chi connectivity index (χ2v) is 5.08. The third kappa shape index (κ3) is 1.82. The molecule has 0 radical (unpaired) electrons. The number of benzene rings is 1. The molecule has 96 valence electrons. The van der Waals surface area contributed by atoms with Crippen molar-refractivity contribution in [2.45, 2.75) is 31.2 Å². The molecule has 0 aromatic heterocycles. The summed E-state index contributed by atoms with van der Waals surface area (Å²) >= 11 is 0. The third-order valence-corrected chi connectivity index (χ3v) is 3.79. The number of fused-ring (bicyclic) bond motifs is 1. The Bertz CT molecular complexity index is 472. The van der Waals surface area contributed by atoms with Crippen molar-refractivity contribution < 1.29 is 14.3 Å². The van der Waals surface area contributed by atoms with Crippen LogP contribution in [0.4, 0.5) is 0 Å². The first-order valence-electron chi connectivity index (χ1n) is 6.32. The fourth-order valence-electron chi connectivity index (χ4n) is 2.90. The van der Waals surface area contributed by atoms with Crippen molar-refractivity contribution in [1.82, 2.24) is 5.32 Å². The number of carbonyl (C=O) groups is 1. The molecule has 4 heteroatoms. The molecule has 3 rings (SSSR count). The highest BCUT2D eigenvalue weighted by Crippen LogP contribution is 2.38. The lowest BCUT2D eigenvalue weighted by molar-refractivity contribution is -0.126. The van der Waals surface area contributed by atoms with E-state index >= 15 is 0 Å². The lowest BCUT2D eigenvalue weighted by atomic mass is 9.81. The van der Waals surface area contributed by atoms with Gasteiger partial charge in [0, 0.05) is 18.4 Å². The van der Waals surface area contributed by atoms with Gasteiger partial charge in [-0.25, -0.2) is 0 Å². The smallest absolute Gasteiger partial charge is 0.220 e. The van der Waals surface area contributed by atoms with Gasteiger partial charge >= 0.3 is 0 Å². The molecule has 0 saturated carbocycles. The van der Waals surface area contributed by atoms with E-state index in [-0.39, 0.29) is 11.4 Å². The lowest BCUT2D eigenvalue weighted by Crippen LogP contribution is -2.58. The van der Waals surface area contributed by atoms with Crippen LogP contribution in [-0.4, -0.2) is 25.2 Å². The Balaban J connectivity index is 1.94. The number of rotatable bonds is 1. The monoisotopic (exact) mass is 247 g/mol. The summed E-state index contributed by atoms with van der Waals surface area (Å²) in [6.45, 7) is 0.554. The van der Waals surface area contributed by atoms with Crippen molar-refractivity contribution in [3.05, 3.63) is 23.8 Å². The van der Waals surface area contributed by atoms with Crippen molar-refractivity contribution in [2.24, 2.45) is 0 Å². The minimum absolute atomic E-state index is 0.128. The van der Waals surface area contributed by atoms with Crippen LogP contribution >= 0.6 is 0 Å². The zero-order chi connectivity index (χ0) is 12.6. The standard InChI is InChI=1S/C14H17NO3/c1-17-11-4-2-5-12-10(11)8-14(9-18-12)7-3-6-13(16)15-14/h2,4-5H,3,6-9H2,1H3,(H,15,16). The Kier molecular flexibility index (Phi) is 2.65. The van der Waals surface area contributed by atoms with Crippen molar-refractivity contribution in [2.75, 3.05) is 13.7 Å². The number of amides is 1. The summed E-state index contributed by atoms with van der Waals surface area (Å²) in [6.07, 6.45) is 3.31. The van der Waals surface area contributed by atoms with E-state index < -0.39 is 0 Å². The first-order valence-corrected chi connectivity index (χ1v) is 6.32. The van der Waals surface area contributed by atoms with Crippen LogP contribution in [0.25, 0.3) is 0 Å². The van der Waals surface area contributed by atoms with Crippen LogP contribution in [0.2, 0.25) is 0 Å². The Morgan fingerprint density at radius 3 is 3.11 bits per heavy atom. The highest BCUT2D eigenvalue weighted by molar-refractivity contribution is 5.78. The molecule has 1 unspecified atom stereocenters. The molecule has 1 saturated heterocycles. The minimum Gasteiger partial charge on any atom is -0.496 e. The maximum atomic E-state index is 11.6. The average Bonchev–Trinajstić information content (AvgIpc) is 2.38. The minimum atomic E-state index is -0.239. The van der Waals surface area contributed by atoms with Gasteiger partial charge in [-0.3, -0.25) is 4.79 Å². The zero-order valence-electron chi connectivity index (χ0n) is 10.5. The Labute approximate surface area is 106 Å². The summed E-state index contributed by atoms with van der Waals surface area (Å²) in [4.78, 5) is 11.6. The van der Waals surface area contributed by atoms with E-state index in [0.717, 1.165) is 36.3 Å². The van der Waals surface area contributed by atoms with Crippen molar-refractivity contribution in [1.29, 1.82) is 0 Å². The summed E-state index contributed by atoms with van der Waals surface area (Å²) in [6, 6.07) is 5.82. The molecule has 4 nitrogen and oxygen atoms in total. The van der Waals surface area contributed by atoms with Crippen LogP contribution in [-0.2, 0) is 11.2 Å². The van der Waals surface area contributed by atoms with E-state index in [9.17, 15) is 4.79 Å². The fourth-order valence-corrected chi connectivity index (χ4v) is 2.90. The molecular weight excluding hydrogens is 230 g/mol. The molecule has 1 atom stereocenters. The van der Waals surface area contributed by atoms with Crippen LogP contribution in [0.15, 0.2) is 18.2 Å². The van der Waals surface area contributed by atoms with Gasteiger partial charge in [0.2, 0.25) is 5.91 Å². The molecule has 1 fully saturated rings. The predicted molar refractivity (Wildman–Crippen MR) is 66.9 cm³/mol. The van der Waals surface area contributed by atoms with Crippen molar-refractivity contribution in [3.8, 4) is 11.5 Å². The molecule has 0 aliphatic carbocycles. The van der Waals surface area contributed by atoms with E-state index in [0.29, 0.717) is 13.0 Å². The number of piperidine rings is 1. The van der Waals surface area contributed by atoms with Gasteiger partial charge in [-0.2, -0.15) is 0 Å². The molecule has 0 bridgehead atoms. The van der Waals surface area contributed by atoms with E-state index in [1.165, 1.54) is 0 Å². The maximum Gasteiger partial charge on any atom is 0.220 e.